The lowest BCUT2D eigenvalue weighted by molar-refractivity contribution is -0.139. The van der Waals surface area contributed by atoms with Gasteiger partial charge >= 0.3 is 5.97 Å². The van der Waals surface area contributed by atoms with Crippen LogP contribution in [-0.4, -0.2) is 24.3 Å². The maximum absolute atomic E-state index is 12.7. The Morgan fingerprint density at radius 1 is 0.903 bits per heavy atom. The predicted octanol–water partition coefficient (Wildman–Crippen LogP) is 4.16. The van der Waals surface area contributed by atoms with Crippen molar-refractivity contribution in [1.82, 2.24) is 5.32 Å². The van der Waals surface area contributed by atoms with Gasteiger partial charge in [-0.2, -0.15) is 0 Å². The third kappa shape index (κ3) is 4.61. The minimum Gasteiger partial charge on any atom is -0.453 e. The molecular formula is C26H21NO4. The fraction of sp³-hybridized carbons (Fsp3) is 0.115. The van der Waals surface area contributed by atoms with Crippen LogP contribution in [0.5, 0.6) is 0 Å². The molecule has 1 aliphatic rings. The first-order valence-corrected chi connectivity index (χ1v) is 9.97. The highest BCUT2D eigenvalue weighted by Crippen LogP contribution is 2.36. The summed E-state index contributed by atoms with van der Waals surface area (Å²) >= 11 is 0. The van der Waals surface area contributed by atoms with Gasteiger partial charge in [-0.05, 0) is 46.4 Å². The molecule has 3 aromatic carbocycles. The van der Waals surface area contributed by atoms with E-state index in [0.29, 0.717) is 5.56 Å². The molecule has 0 saturated carbocycles. The smallest absolute Gasteiger partial charge is 0.355 e. The molecule has 0 bridgehead atoms. The van der Waals surface area contributed by atoms with E-state index in [-0.39, 0.29) is 11.5 Å². The summed E-state index contributed by atoms with van der Waals surface area (Å²) in [6.07, 6.45) is 2.36. The van der Waals surface area contributed by atoms with E-state index in [4.69, 9.17) is 4.74 Å². The number of fused-ring (bicyclic) bond motifs is 3. The summed E-state index contributed by atoms with van der Waals surface area (Å²) in [5, 5.41) is 2.47. The molecule has 0 radical (unpaired) electrons. The van der Waals surface area contributed by atoms with Crippen molar-refractivity contribution in [3.63, 3.8) is 0 Å². The molecule has 4 rings (SSSR count). The molecule has 0 unspecified atom stereocenters. The van der Waals surface area contributed by atoms with Gasteiger partial charge in [0.05, 0.1) is 0 Å². The number of benzene rings is 3. The van der Waals surface area contributed by atoms with Crippen LogP contribution in [0.15, 0.2) is 78.5 Å². The van der Waals surface area contributed by atoms with E-state index in [1.807, 2.05) is 48.5 Å². The second kappa shape index (κ2) is 8.79. The van der Waals surface area contributed by atoms with Gasteiger partial charge in [0, 0.05) is 12.5 Å². The van der Waals surface area contributed by atoms with Crippen LogP contribution < -0.4 is 5.32 Å². The van der Waals surface area contributed by atoms with Crippen molar-refractivity contribution < 1.29 is 19.1 Å². The number of ketones is 1. The second-order valence-electron chi connectivity index (χ2n) is 7.36. The van der Waals surface area contributed by atoms with Gasteiger partial charge in [-0.1, -0.05) is 66.7 Å². The van der Waals surface area contributed by atoms with Gasteiger partial charge in [0.2, 0.25) is 5.91 Å². The van der Waals surface area contributed by atoms with Crippen LogP contribution in [0, 0.1) is 0 Å². The summed E-state index contributed by atoms with van der Waals surface area (Å²) in [5.74, 6) is -1.47. The number of hydrogen-bond donors (Lipinski definition) is 1. The van der Waals surface area contributed by atoms with Gasteiger partial charge in [-0.3, -0.25) is 9.59 Å². The van der Waals surface area contributed by atoms with Crippen LogP contribution in [0.2, 0.25) is 0 Å². The van der Waals surface area contributed by atoms with Crippen molar-refractivity contribution in [3.8, 4) is 11.1 Å². The molecule has 5 heteroatoms. The van der Waals surface area contributed by atoms with Crippen molar-refractivity contribution in [2.45, 2.75) is 13.3 Å². The zero-order valence-electron chi connectivity index (χ0n) is 17.1. The average molecular weight is 411 g/mol. The fourth-order valence-corrected chi connectivity index (χ4v) is 3.64. The molecule has 0 fully saturated rings. The maximum atomic E-state index is 12.7. The van der Waals surface area contributed by atoms with Crippen molar-refractivity contribution in [2.75, 3.05) is 6.61 Å². The maximum Gasteiger partial charge on any atom is 0.355 e. The minimum absolute atomic E-state index is 0.0191. The molecule has 5 nitrogen and oxygen atoms in total. The van der Waals surface area contributed by atoms with E-state index in [9.17, 15) is 14.4 Å². The molecule has 3 aromatic rings. The summed E-state index contributed by atoms with van der Waals surface area (Å²) in [7, 11) is 0. The van der Waals surface area contributed by atoms with E-state index in [1.165, 1.54) is 24.1 Å². The largest absolute Gasteiger partial charge is 0.453 e. The van der Waals surface area contributed by atoms with Crippen LogP contribution in [0.4, 0.5) is 0 Å². The monoisotopic (exact) mass is 411 g/mol. The zero-order valence-corrected chi connectivity index (χ0v) is 17.1. The van der Waals surface area contributed by atoms with Gasteiger partial charge in [0.15, 0.2) is 12.4 Å². The highest BCUT2D eigenvalue weighted by atomic mass is 16.5. The quantitative estimate of drug-likeness (QED) is 0.294. The summed E-state index contributed by atoms with van der Waals surface area (Å²) in [6.45, 7) is 0.893. The lowest BCUT2D eigenvalue weighted by Crippen LogP contribution is -2.27. The molecule has 31 heavy (non-hydrogen) atoms. The molecular weight excluding hydrogens is 390 g/mol. The predicted molar refractivity (Wildman–Crippen MR) is 118 cm³/mol. The van der Waals surface area contributed by atoms with Crippen LogP contribution >= 0.6 is 0 Å². The van der Waals surface area contributed by atoms with Crippen LogP contribution in [0.3, 0.4) is 0 Å². The summed E-state index contributed by atoms with van der Waals surface area (Å²) < 4.78 is 5.21. The highest BCUT2D eigenvalue weighted by Gasteiger charge is 2.20. The molecule has 1 aliphatic carbocycles. The van der Waals surface area contributed by atoms with Crippen LogP contribution in [0.1, 0.15) is 34.0 Å². The van der Waals surface area contributed by atoms with Crippen molar-refractivity contribution >= 4 is 23.7 Å². The third-order valence-corrected chi connectivity index (χ3v) is 5.10. The van der Waals surface area contributed by atoms with Crippen molar-refractivity contribution in [1.29, 1.82) is 0 Å². The normalized spacial score (nSPS) is 12.0. The standard InChI is InChI=1S/C26H21NO4/c1-17(28)27-24(13-18-7-3-2-4-8-18)26(30)31-16-25(29)21-12-11-20-14-19-9-5-6-10-22(19)23(20)15-21/h2-13,15H,14,16H2,1H3,(H,27,28). The molecule has 0 saturated heterocycles. The number of hydrogen-bond acceptors (Lipinski definition) is 4. The SMILES string of the molecule is CC(=O)NC(=Cc1ccccc1)C(=O)OCC(=O)c1ccc2c(c1)-c1ccccc1C2. The second-order valence-corrected chi connectivity index (χ2v) is 7.36. The van der Waals surface area contributed by atoms with Gasteiger partial charge in [-0.15, -0.1) is 0 Å². The van der Waals surface area contributed by atoms with E-state index in [2.05, 4.69) is 11.4 Å². The molecule has 0 heterocycles. The Labute approximate surface area is 180 Å². The van der Waals surface area contributed by atoms with E-state index in [0.717, 1.165) is 23.1 Å². The number of esters is 1. The number of ether oxygens (including phenoxy) is 1. The number of Topliss-reactive ketones (excluding diaryl/α,β-unsaturated/α-hetero) is 1. The summed E-state index contributed by atoms with van der Waals surface area (Å²) in [4.78, 5) is 36.7. The fourth-order valence-electron chi connectivity index (χ4n) is 3.64. The van der Waals surface area contributed by atoms with Gasteiger partial charge in [0.1, 0.15) is 5.70 Å². The first-order valence-electron chi connectivity index (χ1n) is 9.97. The average Bonchev–Trinajstić information content (AvgIpc) is 3.15. The van der Waals surface area contributed by atoms with Crippen LogP contribution in [0.25, 0.3) is 17.2 Å². The van der Waals surface area contributed by atoms with Crippen LogP contribution in [-0.2, 0) is 20.7 Å². The molecule has 1 amide bonds. The number of rotatable bonds is 6. The van der Waals surface area contributed by atoms with E-state index < -0.39 is 18.5 Å². The van der Waals surface area contributed by atoms with Gasteiger partial charge in [0.25, 0.3) is 0 Å². The lowest BCUT2D eigenvalue weighted by Gasteiger charge is -2.09. The third-order valence-electron chi connectivity index (χ3n) is 5.10. The highest BCUT2D eigenvalue weighted by molar-refractivity contribution is 6.02. The Kier molecular flexibility index (Phi) is 5.76. The zero-order chi connectivity index (χ0) is 21.8. The number of amides is 1. The molecule has 0 aliphatic heterocycles. The van der Waals surface area contributed by atoms with E-state index in [1.54, 1.807) is 18.2 Å². The summed E-state index contributed by atoms with van der Waals surface area (Å²) in [6, 6.07) is 22.7. The Morgan fingerprint density at radius 3 is 2.39 bits per heavy atom. The molecule has 0 aromatic heterocycles. The Bertz CT molecular complexity index is 1200. The minimum atomic E-state index is -0.765. The number of nitrogens with one attached hydrogen (secondary N) is 1. The Hall–Kier alpha value is -3.99. The number of carbonyl (C=O) groups is 3. The van der Waals surface area contributed by atoms with Crippen molar-refractivity contribution in [3.05, 3.63) is 101 Å². The topological polar surface area (TPSA) is 72.5 Å². The lowest BCUT2D eigenvalue weighted by atomic mass is 10.0. The number of carbonyl (C=O) groups excluding carboxylic acids is 3. The van der Waals surface area contributed by atoms with E-state index >= 15 is 0 Å². The molecule has 1 N–H and O–H groups in total. The molecule has 0 spiro atoms. The Balaban J connectivity index is 1.47. The van der Waals surface area contributed by atoms with Gasteiger partial charge < -0.3 is 10.1 Å². The van der Waals surface area contributed by atoms with Crippen molar-refractivity contribution in [2.24, 2.45) is 0 Å². The summed E-state index contributed by atoms with van der Waals surface area (Å²) in [5.41, 5.74) is 5.77. The Morgan fingerprint density at radius 2 is 1.61 bits per heavy atom. The first-order chi connectivity index (χ1) is 15.0. The van der Waals surface area contributed by atoms with Gasteiger partial charge in [-0.25, -0.2) is 4.79 Å². The first kappa shape index (κ1) is 20.3. The molecule has 0 atom stereocenters. The molecule has 154 valence electrons.